The van der Waals surface area contributed by atoms with Crippen molar-refractivity contribution in [2.75, 3.05) is 31.8 Å². The van der Waals surface area contributed by atoms with Gasteiger partial charge in [0.05, 0.1) is 24.8 Å². The second-order valence-electron chi connectivity index (χ2n) is 4.84. The summed E-state index contributed by atoms with van der Waals surface area (Å²) < 4.78 is 28.3. The number of anilines is 1. The van der Waals surface area contributed by atoms with E-state index in [1.54, 1.807) is 24.3 Å². The molecule has 21 heavy (non-hydrogen) atoms. The van der Waals surface area contributed by atoms with Crippen molar-refractivity contribution in [3.05, 3.63) is 29.8 Å². The predicted molar refractivity (Wildman–Crippen MR) is 76.3 cm³/mol. The molecule has 0 radical (unpaired) electrons. The Kier molecular flexibility index (Phi) is 4.29. The Morgan fingerprint density at radius 3 is 2.29 bits per heavy atom. The van der Waals surface area contributed by atoms with Gasteiger partial charge in [0, 0.05) is 18.8 Å². The number of amides is 1. The highest BCUT2D eigenvalue weighted by Gasteiger charge is 2.37. The Bertz CT molecular complexity index is 648. The number of methoxy groups -OCH3 is 1. The number of ether oxygens (including phenoxy) is 1. The topological polar surface area (TPSA) is 92.8 Å². The highest BCUT2D eigenvalue weighted by Crippen LogP contribution is 2.20. The van der Waals surface area contributed by atoms with Gasteiger partial charge in [-0.3, -0.25) is 4.79 Å². The first kappa shape index (κ1) is 15.5. The number of carbonyl (C=O) groups excluding carboxylic acids is 2. The molecule has 1 N–H and O–H groups in total. The number of hydrogen-bond donors (Lipinski definition) is 1. The summed E-state index contributed by atoms with van der Waals surface area (Å²) in [6, 6.07) is 6.28. The van der Waals surface area contributed by atoms with Gasteiger partial charge >= 0.3 is 5.97 Å². The summed E-state index contributed by atoms with van der Waals surface area (Å²) in [7, 11) is -1.93. The normalized spacial score (nSPS) is 16.1. The Morgan fingerprint density at radius 1 is 1.24 bits per heavy atom. The molecule has 0 spiro atoms. The van der Waals surface area contributed by atoms with Gasteiger partial charge in [-0.15, -0.1) is 0 Å². The van der Waals surface area contributed by atoms with Crippen LogP contribution in [0.1, 0.15) is 10.4 Å². The summed E-state index contributed by atoms with van der Waals surface area (Å²) in [6.45, 7) is 0.399. The van der Waals surface area contributed by atoms with Gasteiger partial charge in [-0.25, -0.2) is 17.5 Å². The number of hydrogen-bond acceptors (Lipinski definition) is 5. The van der Waals surface area contributed by atoms with Gasteiger partial charge < -0.3 is 10.1 Å². The van der Waals surface area contributed by atoms with E-state index in [0.717, 1.165) is 6.26 Å². The molecular weight excluding hydrogens is 296 g/mol. The summed E-state index contributed by atoms with van der Waals surface area (Å²) in [5.74, 6) is -1.03. The third-order valence-corrected chi connectivity index (χ3v) is 4.50. The first-order chi connectivity index (χ1) is 9.81. The van der Waals surface area contributed by atoms with Crippen LogP contribution in [0.4, 0.5) is 5.69 Å². The summed E-state index contributed by atoms with van der Waals surface area (Å²) in [5.41, 5.74) is 0.938. The fraction of sp³-hybridized carbons (Fsp3) is 0.385. The zero-order chi connectivity index (χ0) is 15.6. The molecule has 0 bridgehead atoms. The summed E-state index contributed by atoms with van der Waals surface area (Å²) >= 11 is 0. The van der Waals surface area contributed by atoms with Crippen molar-refractivity contribution in [2.24, 2.45) is 5.92 Å². The molecule has 1 aromatic carbocycles. The van der Waals surface area contributed by atoms with E-state index in [9.17, 15) is 18.0 Å². The molecule has 1 heterocycles. The number of nitrogens with one attached hydrogen (secondary N) is 1. The number of nitrogens with zero attached hydrogens (tertiary/aromatic N) is 1. The lowest BCUT2D eigenvalue weighted by molar-refractivity contribution is -0.122. The van der Waals surface area contributed by atoms with Gasteiger partial charge in [0.2, 0.25) is 15.9 Å². The second-order valence-corrected chi connectivity index (χ2v) is 6.82. The maximum absolute atomic E-state index is 11.9. The van der Waals surface area contributed by atoms with Crippen molar-refractivity contribution >= 4 is 27.6 Å². The van der Waals surface area contributed by atoms with Gasteiger partial charge in [-0.05, 0) is 24.3 Å². The van der Waals surface area contributed by atoms with E-state index in [1.165, 1.54) is 11.4 Å². The molecule has 7 nitrogen and oxygen atoms in total. The molecule has 1 amide bonds. The van der Waals surface area contributed by atoms with E-state index < -0.39 is 16.0 Å². The molecule has 0 saturated carbocycles. The largest absolute Gasteiger partial charge is 0.465 e. The molecule has 0 aliphatic carbocycles. The van der Waals surface area contributed by atoms with Crippen LogP contribution in [0.3, 0.4) is 0 Å². The van der Waals surface area contributed by atoms with Crippen LogP contribution in [-0.4, -0.2) is 51.1 Å². The van der Waals surface area contributed by atoms with Crippen molar-refractivity contribution < 1.29 is 22.7 Å². The minimum absolute atomic E-state index is 0.199. The molecule has 0 unspecified atom stereocenters. The predicted octanol–water partition coefficient (Wildman–Crippen LogP) is 0.303. The Labute approximate surface area is 122 Å². The van der Waals surface area contributed by atoms with Crippen molar-refractivity contribution in [2.45, 2.75) is 0 Å². The first-order valence-corrected chi connectivity index (χ1v) is 8.10. The van der Waals surface area contributed by atoms with Gasteiger partial charge in [0.25, 0.3) is 0 Å². The smallest absolute Gasteiger partial charge is 0.337 e. The maximum Gasteiger partial charge on any atom is 0.337 e. The highest BCUT2D eigenvalue weighted by atomic mass is 32.2. The molecular formula is C13H16N2O5S. The lowest BCUT2D eigenvalue weighted by Gasteiger charge is -2.35. The van der Waals surface area contributed by atoms with Crippen LogP contribution in [0.2, 0.25) is 0 Å². The molecule has 1 aliphatic rings. The fourth-order valence-corrected chi connectivity index (χ4v) is 2.83. The van der Waals surface area contributed by atoms with Crippen LogP contribution in [0.5, 0.6) is 0 Å². The molecule has 114 valence electrons. The van der Waals surface area contributed by atoms with E-state index >= 15 is 0 Å². The molecule has 1 aromatic rings. The second kappa shape index (κ2) is 5.82. The third kappa shape index (κ3) is 3.59. The Hall–Kier alpha value is -1.93. The maximum atomic E-state index is 11.9. The summed E-state index contributed by atoms with van der Waals surface area (Å²) in [6.07, 6.45) is 1.12. The molecule has 8 heteroatoms. The SMILES string of the molecule is COC(=O)c1ccc(NC(=O)C2CN(S(C)(=O)=O)C2)cc1. The van der Waals surface area contributed by atoms with Gasteiger partial charge in [-0.2, -0.15) is 0 Å². The van der Waals surface area contributed by atoms with E-state index in [1.807, 2.05) is 0 Å². The Morgan fingerprint density at radius 2 is 1.81 bits per heavy atom. The van der Waals surface area contributed by atoms with Crippen molar-refractivity contribution in [1.82, 2.24) is 4.31 Å². The number of carbonyl (C=O) groups is 2. The molecule has 1 saturated heterocycles. The van der Waals surface area contributed by atoms with Gasteiger partial charge in [-0.1, -0.05) is 0 Å². The lowest BCUT2D eigenvalue weighted by Crippen LogP contribution is -2.53. The average Bonchev–Trinajstić information content (AvgIpc) is 2.35. The average molecular weight is 312 g/mol. The molecule has 0 atom stereocenters. The zero-order valence-electron chi connectivity index (χ0n) is 11.7. The van der Waals surface area contributed by atoms with Crippen LogP contribution in [0.25, 0.3) is 0 Å². The quantitative estimate of drug-likeness (QED) is 0.807. The van der Waals surface area contributed by atoms with E-state index in [0.29, 0.717) is 11.3 Å². The summed E-state index contributed by atoms with van der Waals surface area (Å²) in [4.78, 5) is 23.2. The minimum atomic E-state index is -3.22. The van der Waals surface area contributed by atoms with Crippen LogP contribution in [-0.2, 0) is 19.6 Å². The highest BCUT2D eigenvalue weighted by molar-refractivity contribution is 7.88. The molecule has 0 aromatic heterocycles. The van der Waals surface area contributed by atoms with Crippen LogP contribution >= 0.6 is 0 Å². The first-order valence-electron chi connectivity index (χ1n) is 6.25. The number of rotatable bonds is 4. The number of benzene rings is 1. The zero-order valence-corrected chi connectivity index (χ0v) is 12.5. The van der Waals surface area contributed by atoms with Crippen molar-refractivity contribution in [3.63, 3.8) is 0 Å². The van der Waals surface area contributed by atoms with Crippen molar-refractivity contribution in [1.29, 1.82) is 0 Å². The van der Waals surface area contributed by atoms with E-state index in [-0.39, 0.29) is 24.9 Å². The standard InChI is InChI=1S/C13H16N2O5S/c1-20-13(17)9-3-5-11(6-4-9)14-12(16)10-7-15(8-10)21(2,18)19/h3-6,10H,7-8H2,1-2H3,(H,14,16). The molecule has 1 fully saturated rings. The molecule has 1 aliphatic heterocycles. The van der Waals surface area contributed by atoms with Crippen molar-refractivity contribution in [3.8, 4) is 0 Å². The monoisotopic (exact) mass is 312 g/mol. The van der Waals surface area contributed by atoms with E-state index in [4.69, 9.17) is 0 Å². The van der Waals surface area contributed by atoms with Crippen LogP contribution in [0, 0.1) is 5.92 Å². The minimum Gasteiger partial charge on any atom is -0.465 e. The number of sulfonamides is 1. The number of esters is 1. The van der Waals surface area contributed by atoms with Gasteiger partial charge in [0.1, 0.15) is 0 Å². The van der Waals surface area contributed by atoms with Crippen LogP contribution in [0.15, 0.2) is 24.3 Å². The van der Waals surface area contributed by atoms with Crippen LogP contribution < -0.4 is 5.32 Å². The van der Waals surface area contributed by atoms with E-state index in [2.05, 4.69) is 10.1 Å². The van der Waals surface area contributed by atoms with Gasteiger partial charge in [0.15, 0.2) is 0 Å². The molecule has 2 rings (SSSR count). The summed E-state index contributed by atoms with van der Waals surface area (Å²) in [5, 5.41) is 2.69. The lowest BCUT2D eigenvalue weighted by atomic mass is 10.0. The third-order valence-electron chi connectivity index (χ3n) is 3.26. The fourth-order valence-electron chi connectivity index (χ4n) is 1.93. The Balaban J connectivity index is 1.91.